The average molecular weight is 354 g/mol. The molecule has 1 rings (SSSR count). The molecule has 0 saturated heterocycles. The average Bonchev–Trinajstić information content (AvgIpc) is 2.59. The van der Waals surface area contributed by atoms with Crippen LogP contribution in [-0.2, 0) is 4.33 Å². The van der Waals surface area contributed by atoms with Crippen molar-refractivity contribution >= 4 is 58.0 Å². The van der Waals surface area contributed by atoms with Gasteiger partial charge < -0.3 is 0 Å². The molecule has 18 heavy (non-hydrogen) atoms. The van der Waals surface area contributed by atoms with E-state index in [-0.39, 0.29) is 17.7 Å². The van der Waals surface area contributed by atoms with Gasteiger partial charge in [-0.3, -0.25) is 0 Å². The maximum atomic E-state index is 6.16. The standard InChI is InChI=1S/C10H14Cl5N3/c1-5(2)7-8(9(11,12)10(13,14)15)16-17-18(7)6(3)4/h5-6H,1-4H3. The van der Waals surface area contributed by atoms with Crippen LogP contribution in [0.3, 0.4) is 0 Å². The number of alkyl halides is 5. The largest absolute Gasteiger partial charge is 0.246 e. The summed E-state index contributed by atoms with van der Waals surface area (Å²) in [6.07, 6.45) is 0. The number of halogens is 5. The molecule has 8 heteroatoms. The van der Waals surface area contributed by atoms with Crippen molar-refractivity contribution in [1.82, 2.24) is 15.0 Å². The van der Waals surface area contributed by atoms with Gasteiger partial charge in [0.2, 0.25) is 8.13 Å². The van der Waals surface area contributed by atoms with Crippen LogP contribution in [0.25, 0.3) is 0 Å². The van der Waals surface area contributed by atoms with Crippen LogP contribution >= 0.6 is 58.0 Å². The van der Waals surface area contributed by atoms with Crippen molar-refractivity contribution in [3.8, 4) is 0 Å². The molecule has 0 amide bonds. The Bertz CT molecular complexity index is 420. The smallest absolute Gasteiger partial charge is 0.228 e. The maximum Gasteiger partial charge on any atom is 0.228 e. The Labute approximate surface area is 132 Å². The summed E-state index contributed by atoms with van der Waals surface area (Å²) in [5.74, 6) is 0.0987. The second kappa shape index (κ2) is 5.53. The lowest BCUT2D eigenvalue weighted by Crippen LogP contribution is -2.30. The lowest BCUT2D eigenvalue weighted by atomic mass is 10.1. The van der Waals surface area contributed by atoms with Gasteiger partial charge in [-0.15, -0.1) is 5.10 Å². The van der Waals surface area contributed by atoms with Crippen molar-refractivity contribution in [2.75, 3.05) is 0 Å². The van der Waals surface area contributed by atoms with Gasteiger partial charge in [0.25, 0.3) is 0 Å². The quantitative estimate of drug-likeness (QED) is 0.717. The van der Waals surface area contributed by atoms with Crippen LogP contribution in [-0.4, -0.2) is 18.8 Å². The van der Waals surface area contributed by atoms with Crippen molar-refractivity contribution in [3.63, 3.8) is 0 Å². The van der Waals surface area contributed by atoms with Crippen molar-refractivity contribution in [2.45, 2.75) is 47.8 Å². The lowest BCUT2D eigenvalue weighted by Gasteiger charge is -2.27. The molecule has 1 aromatic rings. The zero-order chi connectivity index (χ0) is 14.3. The molecule has 0 aromatic carbocycles. The first kappa shape index (κ1) is 16.6. The van der Waals surface area contributed by atoms with Crippen molar-refractivity contribution in [1.29, 1.82) is 0 Å². The van der Waals surface area contributed by atoms with Crippen LogP contribution in [0.15, 0.2) is 0 Å². The third-order valence-corrected chi connectivity index (χ3v) is 4.78. The molecule has 0 saturated carbocycles. The molecule has 1 aromatic heterocycles. The highest BCUT2D eigenvalue weighted by atomic mass is 35.6. The summed E-state index contributed by atoms with van der Waals surface area (Å²) in [6.45, 7) is 7.90. The molecule has 0 aliphatic carbocycles. The Hall–Kier alpha value is 0.590. The Morgan fingerprint density at radius 2 is 1.50 bits per heavy atom. The highest BCUT2D eigenvalue weighted by Gasteiger charge is 2.51. The molecule has 0 spiro atoms. The van der Waals surface area contributed by atoms with E-state index in [2.05, 4.69) is 10.3 Å². The van der Waals surface area contributed by atoms with E-state index in [0.717, 1.165) is 5.69 Å². The van der Waals surface area contributed by atoms with Crippen LogP contribution in [0, 0.1) is 0 Å². The van der Waals surface area contributed by atoms with Crippen LogP contribution in [0.2, 0.25) is 0 Å². The lowest BCUT2D eigenvalue weighted by molar-refractivity contribution is 0.484. The van der Waals surface area contributed by atoms with E-state index in [4.69, 9.17) is 58.0 Å². The van der Waals surface area contributed by atoms with Gasteiger partial charge in [-0.05, 0) is 19.8 Å². The first-order valence-corrected chi connectivity index (χ1v) is 7.29. The minimum atomic E-state index is -1.89. The molecule has 0 atom stereocenters. The highest BCUT2D eigenvalue weighted by Crippen LogP contribution is 2.53. The van der Waals surface area contributed by atoms with Crippen LogP contribution in [0.5, 0.6) is 0 Å². The summed E-state index contributed by atoms with van der Waals surface area (Å²) in [4.78, 5) is 0. The topological polar surface area (TPSA) is 30.7 Å². The fourth-order valence-corrected chi connectivity index (χ4v) is 2.12. The Morgan fingerprint density at radius 3 is 1.83 bits per heavy atom. The molecule has 0 unspecified atom stereocenters. The molecule has 0 aliphatic rings. The summed E-state index contributed by atoms with van der Waals surface area (Å²) in [7, 11) is 0. The molecule has 1 heterocycles. The predicted octanol–water partition coefficient (Wildman–Crippen LogP) is 4.98. The molecular weight excluding hydrogens is 339 g/mol. The van der Waals surface area contributed by atoms with E-state index in [9.17, 15) is 0 Å². The van der Waals surface area contributed by atoms with Gasteiger partial charge in [0.05, 0.1) is 5.69 Å². The first-order valence-electron chi connectivity index (χ1n) is 5.40. The zero-order valence-corrected chi connectivity index (χ0v) is 14.2. The molecular formula is C10H14Cl5N3. The van der Waals surface area contributed by atoms with Gasteiger partial charge in [-0.25, -0.2) is 4.68 Å². The summed E-state index contributed by atoms with van der Waals surface area (Å²) >= 11 is 29.8. The minimum absolute atomic E-state index is 0.0987. The van der Waals surface area contributed by atoms with Crippen molar-refractivity contribution in [3.05, 3.63) is 11.4 Å². The number of hydrogen-bond acceptors (Lipinski definition) is 2. The van der Waals surface area contributed by atoms with Crippen LogP contribution in [0.4, 0.5) is 0 Å². The molecule has 0 fully saturated rings. The molecule has 0 N–H and O–H groups in total. The SMILES string of the molecule is CC(C)c1c(C(Cl)(Cl)C(Cl)(Cl)Cl)nnn1C(C)C. The van der Waals surface area contributed by atoms with E-state index >= 15 is 0 Å². The second-order valence-corrected chi connectivity index (χ2v) is 8.20. The van der Waals surface area contributed by atoms with E-state index in [1.807, 2.05) is 27.7 Å². The number of hydrogen-bond donors (Lipinski definition) is 0. The first-order chi connectivity index (χ1) is 8.00. The Balaban J connectivity index is 3.43. The van der Waals surface area contributed by atoms with Gasteiger partial charge in [0, 0.05) is 6.04 Å². The molecule has 0 radical (unpaired) electrons. The van der Waals surface area contributed by atoms with Gasteiger partial charge in [-0.1, -0.05) is 77.1 Å². The molecule has 104 valence electrons. The van der Waals surface area contributed by atoms with Crippen molar-refractivity contribution in [2.24, 2.45) is 0 Å². The third kappa shape index (κ3) is 3.01. The van der Waals surface area contributed by atoms with E-state index in [1.165, 1.54) is 0 Å². The van der Waals surface area contributed by atoms with E-state index in [1.54, 1.807) is 4.68 Å². The fraction of sp³-hybridized carbons (Fsp3) is 0.800. The molecule has 3 nitrogen and oxygen atoms in total. The predicted molar refractivity (Wildman–Crippen MR) is 78.2 cm³/mol. The Kier molecular flexibility index (Phi) is 5.11. The summed E-state index contributed by atoms with van der Waals surface area (Å²) in [5.41, 5.74) is 1.05. The monoisotopic (exact) mass is 351 g/mol. The highest BCUT2D eigenvalue weighted by molar-refractivity contribution is 6.75. The van der Waals surface area contributed by atoms with Crippen molar-refractivity contribution < 1.29 is 0 Å². The van der Waals surface area contributed by atoms with Crippen LogP contribution < -0.4 is 0 Å². The van der Waals surface area contributed by atoms with Gasteiger partial charge in [0.15, 0.2) is 0 Å². The molecule has 0 aliphatic heterocycles. The van der Waals surface area contributed by atoms with E-state index < -0.39 is 8.13 Å². The van der Waals surface area contributed by atoms with Gasteiger partial charge in [-0.2, -0.15) is 0 Å². The summed E-state index contributed by atoms with van der Waals surface area (Å²) < 4.78 is -1.90. The number of nitrogens with zero attached hydrogens (tertiary/aromatic N) is 3. The maximum absolute atomic E-state index is 6.16. The summed E-state index contributed by atoms with van der Waals surface area (Å²) in [6, 6.07) is 0.114. The zero-order valence-electron chi connectivity index (χ0n) is 10.4. The fourth-order valence-electron chi connectivity index (χ4n) is 1.58. The normalized spacial score (nSPS) is 13.7. The molecule has 0 bridgehead atoms. The minimum Gasteiger partial charge on any atom is -0.246 e. The Morgan fingerprint density at radius 1 is 1.00 bits per heavy atom. The third-order valence-electron chi connectivity index (χ3n) is 2.42. The second-order valence-electron chi connectivity index (χ2n) is 4.59. The van der Waals surface area contributed by atoms with Gasteiger partial charge >= 0.3 is 0 Å². The number of rotatable bonds is 3. The summed E-state index contributed by atoms with van der Waals surface area (Å²) in [5, 5.41) is 8.03. The van der Waals surface area contributed by atoms with Gasteiger partial charge in [0.1, 0.15) is 5.69 Å². The van der Waals surface area contributed by atoms with E-state index in [0.29, 0.717) is 0 Å². The number of aromatic nitrogens is 3. The van der Waals surface area contributed by atoms with Crippen LogP contribution in [0.1, 0.15) is 51.0 Å².